The van der Waals surface area contributed by atoms with E-state index < -0.39 is 0 Å². The lowest BCUT2D eigenvalue weighted by Crippen LogP contribution is -2.19. The third-order valence-corrected chi connectivity index (χ3v) is 4.69. The van der Waals surface area contributed by atoms with E-state index in [0.29, 0.717) is 22.6 Å². The third kappa shape index (κ3) is 5.01. The van der Waals surface area contributed by atoms with Gasteiger partial charge in [0.15, 0.2) is 0 Å². The molecule has 0 fully saturated rings. The fourth-order valence-electron chi connectivity index (χ4n) is 2.88. The van der Waals surface area contributed by atoms with Crippen molar-refractivity contribution in [2.24, 2.45) is 5.10 Å². The van der Waals surface area contributed by atoms with Crippen LogP contribution in [0.5, 0.6) is 5.75 Å². The molecule has 3 aromatic carbocycles. The molecular formula is C23H19FN6O2. The Morgan fingerprint density at radius 2 is 1.75 bits per heavy atom. The van der Waals surface area contributed by atoms with Crippen molar-refractivity contribution in [1.29, 1.82) is 0 Å². The zero-order valence-corrected chi connectivity index (χ0v) is 17.1. The van der Waals surface area contributed by atoms with Gasteiger partial charge in [0.1, 0.15) is 24.5 Å². The second-order valence-electron chi connectivity index (χ2n) is 6.84. The van der Waals surface area contributed by atoms with Gasteiger partial charge in [-0.15, -0.1) is 5.10 Å². The van der Waals surface area contributed by atoms with Gasteiger partial charge < -0.3 is 4.74 Å². The van der Waals surface area contributed by atoms with Gasteiger partial charge in [0.05, 0.1) is 11.4 Å². The summed E-state index contributed by atoms with van der Waals surface area (Å²) in [6.45, 7) is 1.90. The van der Waals surface area contributed by atoms with E-state index in [-0.39, 0.29) is 18.3 Å². The SMILES string of the molecule is C/C(=N\NC(=O)c1ccc(OCc2ccccc2F)cc1)c1ccc(-n2cnnn2)cc1. The van der Waals surface area contributed by atoms with Crippen LogP contribution in [0.4, 0.5) is 4.39 Å². The zero-order chi connectivity index (χ0) is 22.3. The molecule has 1 N–H and O–H groups in total. The van der Waals surface area contributed by atoms with Gasteiger partial charge in [0.25, 0.3) is 5.91 Å². The molecule has 0 spiro atoms. The number of benzene rings is 3. The quantitative estimate of drug-likeness (QED) is 0.358. The summed E-state index contributed by atoms with van der Waals surface area (Å²) in [5.74, 6) is -0.135. The largest absolute Gasteiger partial charge is 0.489 e. The average Bonchev–Trinajstić information content (AvgIpc) is 3.37. The summed E-state index contributed by atoms with van der Waals surface area (Å²) in [5.41, 5.74) is 5.74. The number of carbonyl (C=O) groups is 1. The molecule has 32 heavy (non-hydrogen) atoms. The monoisotopic (exact) mass is 430 g/mol. The summed E-state index contributed by atoms with van der Waals surface area (Å²) in [4.78, 5) is 12.4. The molecule has 1 amide bonds. The van der Waals surface area contributed by atoms with Crippen LogP contribution in [-0.2, 0) is 6.61 Å². The number of hydrogen-bond acceptors (Lipinski definition) is 6. The summed E-state index contributed by atoms with van der Waals surface area (Å²) < 4.78 is 20.8. The zero-order valence-electron chi connectivity index (χ0n) is 17.1. The number of amides is 1. The van der Waals surface area contributed by atoms with Crippen LogP contribution in [0.1, 0.15) is 28.4 Å². The van der Waals surface area contributed by atoms with Crippen LogP contribution in [-0.4, -0.2) is 31.8 Å². The molecular weight excluding hydrogens is 411 g/mol. The minimum absolute atomic E-state index is 0.105. The highest BCUT2D eigenvalue weighted by Crippen LogP contribution is 2.16. The highest BCUT2D eigenvalue weighted by atomic mass is 19.1. The number of hydrogen-bond donors (Lipinski definition) is 1. The molecule has 0 aliphatic carbocycles. The van der Waals surface area contributed by atoms with Crippen molar-refractivity contribution in [2.45, 2.75) is 13.5 Å². The lowest BCUT2D eigenvalue weighted by molar-refractivity contribution is 0.0955. The Hall–Kier alpha value is -4.40. The molecule has 8 nitrogen and oxygen atoms in total. The van der Waals surface area contributed by atoms with Gasteiger partial charge >= 0.3 is 0 Å². The number of halogens is 1. The number of rotatable bonds is 7. The van der Waals surface area contributed by atoms with E-state index in [1.54, 1.807) is 54.1 Å². The van der Waals surface area contributed by atoms with Crippen LogP contribution < -0.4 is 10.2 Å². The molecule has 0 saturated carbocycles. The van der Waals surface area contributed by atoms with E-state index in [2.05, 4.69) is 26.1 Å². The van der Waals surface area contributed by atoms with E-state index >= 15 is 0 Å². The van der Waals surface area contributed by atoms with E-state index in [1.165, 1.54) is 12.4 Å². The van der Waals surface area contributed by atoms with Crippen LogP contribution in [0, 0.1) is 5.82 Å². The van der Waals surface area contributed by atoms with Gasteiger partial charge in [-0.1, -0.05) is 30.3 Å². The second kappa shape index (κ2) is 9.61. The highest BCUT2D eigenvalue weighted by Gasteiger charge is 2.07. The normalized spacial score (nSPS) is 11.2. The van der Waals surface area contributed by atoms with E-state index in [4.69, 9.17) is 4.74 Å². The minimum Gasteiger partial charge on any atom is -0.489 e. The fraction of sp³-hybridized carbons (Fsp3) is 0.0870. The first-order valence-corrected chi connectivity index (χ1v) is 9.75. The lowest BCUT2D eigenvalue weighted by Gasteiger charge is -2.08. The third-order valence-electron chi connectivity index (χ3n) is 4.69. The Kier molecular flexibility index (Phi) is 6.26. The number of aromatic nitrogens is 4. The van der Waals surface area contributed by atoms with Crippen molar-refractivity contribution >= 4 is 11.6 Å². The molecule has 0 radical (unpaired) electrons. The number of ether oxygens (including phenoxy) is 1. The number of carbonyl (C=O) groups excluding carboxylic acids is 1. The maximum absolute atomic E-state index is 13.7. The summed E-state index contributed by atoms with van der Waals surface area (Å²) in [7, 11) is 0. The predicted molar refractivity (Wildman–Crippen MR) is 116 cm³/mol. The molecule has 0 atom stereocenters. The Morgan fingerprint density at radius 3 is 2.44 bits per heavy atom. The number of nitrogens with zero attached hydrogens (tertiary/aromatic N) is 5. The van der Waals surface area contributed by atoms with Crippen molar-refractivity contribution < 1.29 is 13.9 Å². The van der Waals surface area contributed by atoms with Crippen molar-refractivity contribution in [1.82, 2.24) is 25.6 Å². The molecule has 4 aromatic rings. The molecule has 0 saturated heterocycles. The molecule has 0 bridgehead atoms. The highest BCUT2D eigenvalue weighted by molar-refractivity contribution is 6.01. The fourth-order valence-corrected chi connectivity index (χ4v) is 2.88. The van der Waals surface area contributed by atoms with E-state index in [9.17, 15) is 9.18 Å². The lowest BCUT2D eigenvalue weighted by atomic mass is 10.1. The smallest absolute Gasteiger partial charge is 0.271 e. The van der Waals surface area contributed by atoms with Gasteiger partial charge in [-0.25, -0.2) is 14.5 Å². The van der Waals surface area contributed by atoms with E-state index in [0.717, 1.165) is 11.3 Å². The summed E-state index contributed by atoms with van der Waals surface area (Å²) in [6, 6.07) is 20.4. The minimum atomic E-state index is -0.352. The van der Waals surface area contributed by atoms with Gasteiger partial charge in [-0.05, 0) is 65.4 Å². The molecule has 4 rings (SSSR count). The first kappa shape index (κ1) is 20.9. The number of tetrazole rings is 1. The molecule has 1 aromatic heterocycles. The first-order valence-electron chi connectivity index (χ1n) is 9.75. The van der Waals surface area contributed by atoms with Crippen LogP contribution in [0.2, 0.25) is 0 Å². The Bertz CT molecular complexity index is 1220. The van der Waals surface area contributed by atoms with Gasteiger partial charge in [0.2, 0.25) is 0 Å². The van der Waals surface area contributed by atoms with Gasteiger partial charge in [-0.2, -0.15) is 5.10 Å². The maximum atomic E-state index is 13.7. The standard InChI is InChI=1S/C23H19FN6O2/c1-16(17-6-10-20(11-7-17)30-15-25-28-29-30)26-27-23(31)18-8-12-21(13-9-18)32-14-19-4-2-3-5-22(19)24/h2-13,15H,14H2,1H3,(H,27,31)/b26-16+. The van der Waals surface area contributed by atoms with Crippen molar-refractivity contribution in [3.8, 4) is 11.4 Å². The Labute approximate surface area is 183 Å². The van der Waals surface area contributed by atoms with Crippen LogP contribution in [0.3, 0.4) is 0 Å². The van der Waals surface area contributed by atoms with Crippen molar-refractivity contribution in [3.63, 3.8) is 0 Å². The second-order valence-corrected chi connectivity index (χ2v) is 6.84. The first-order chi connectivity index (χ1) is 15.6. The molecule has 0 aliphatic rings. The Morgan fingerprint density at radius 1 is 1.03 bits per heavy atom. The van der Waals surface area contributed by atoms with Gasteiger partial charge in [-0.3, -0.25) is 4.79 Å². The summed E-state index contributed by atoms with van der Waals surface area (Å²) in [6.07, 6.45) is 1.51. The van der Waals surface area contributed by atoms with Crippen LogP contribution in [0.15, 0.2) is 84.2 Å². The molecule has 1 heterocycles. The number of hydrazone groups is 1. The predicted octanol–water partition coefficient (Wildman–Crippen LogP) is 3.53. The topological polar surface area (TPSA) is 94.3 Å². The average molecular weight is 430 g/mol. The van der Waals surface area contributed by atoms with Crippen LogP contribution in [0.25, 0.3) is 5.69 Å². The molecule has 0 unspecified atom stereocenters. The van der Waals surface area contributed by atoms with E-state index in [1.807, 2.05) is 24.3 Å². The summed E-state index contributed by atoms with van der Waals surface area (Å²) >= 11 is 0. The van der Waals surface area contributed by atoms with Crippen LogP contribution >= 0.6 is 0 Å². The molecule has 0 aliphatic heterocycles. The maximum Gasteiger partial charge on any atom is 0.271 e. The summed E-state index contributed by atoms with van der Waals surface area (Å²) in [5, 5.41) is 15.2. The molecule has 9 heteroatoms. The Balaban J connectivity index is 1.34. The van der Waals surface area contributed by atoms with Crippen molar-refractivity contribution in [2.75, 3.05) is 0 Å². The van der Waals surface area contributed by atoms with Gasteiger partial charge in [0, 0.05) is 11.1 Å². The number of nitrogens with one attached hydrogen (secondary N) is 1. The molecule has 160 valence electrons. The van der Waals surface area contributed by atoms with Crippen molar-refractivity contribution in [3.05, 3.63) is 102 Å².